The molecule has 0 radical (unpaired) electrons. The fraction of sp³-hybridized carbons (Fsp3) is 0.533. The summed E-state index contributed by atoms with van der Waals surface area (Å²) in [6, 6.07) is 6.14. The first kappa shape index (κ1) is 16.0. The summed E-state index contributed by atoms with van der Waals surface area (Å²) >= 11 is 0. The summed E-state index contributed by atoms with van der Waals surface area (Å²) in [6.07, 6.45) is 5.33. The van der Waals surface area contributed by atoms with Crippen molar-refractivity contribution < 1.29 is 13.2 Å². The van der Waals surface area contributed by atoms with Gasteiger partial charge in [0, 0.05) is 18.2 Å². The van der Waals surface area contributed by atoms with Gasteiger partial charge in [0.05, 0.1) is 4.90 Å². The average molecular weight is 310 g/mol. The summed E-state index contributed by atoms with van der Waals surface area (Å²) in [6.45, 7) is 2.87. The van der Waals surface area contributed by atoms with E-state index in [9.17, 15) is 13.2 Å². The van der Waals surface area contributed by atoms with Gasteiger partial charge in [-0.3, -0.25) is 4.79 Å². The number of nitrogens with two attached hydrogens (primary N) is 1. The van der Waals surface area contributed by atoms with Crippen LogP contribution in [0.5, 0.6) is 0 Å². The van der Waals surface area contributed by atoms with E-state index in [1.165, 1.54) is 12.1 Å². The lowest BCUT2D eigenvalue weighted by atomic mass is 10.1. The Labute approximate surface area is 126 Å². The number of sulfonamides is 1. The predicted octanol–water partition coefficient (Wildman–Crippen LogP) is 2.13. The lowest BCUT2D eigenvalue weighted by molar-refractivity contribution is 0.0678. The summed E-state index contributed by atoms with van der Waals surface area (Å²) in [4.78, 5) is 14.6. The minimum Gasteiger partial charge on any atom is -0.336 e. The number of hydrogen-bond donors (Lipinski definition) is 1. The van der Waals surface area contributed by atoms with Gasteiger partial charge in [-0.15, -0.1) is 0 Å². The Balaban J connectivity index is 2.22. The zero-order chi connectivity index (χ0) is 15.5. The highest BCUT2D eigenvalue weighted by Gasteiger charge is 2.25. The number of nitrogens with zero attached hydrogens (tertiary/aromatic N) is 1. The maximum atomic E-state index is 12.6. The second-order valence-electron chi connectivity index (χ2n) is 5.48. The number of benzene rings is 1. The summed E-state index contributed by atoms with van der Waals surface area (Å²) < 4.78 is 22.5. The van der Waals surface area contributed by atoms with Crippen molar-refractivity contribution in [2.75, 3.05) is 6.54 Å². The van der Waals surface area contributed by atoms with Crippen LogP contribution in [-0.4, -0.2) is 31.8 Å². The Morgan fingerprint density at radius 3 is 2.48 bits per heavy atom. The Morgan fingerprint density at radius 1 is 1.24 bits per heavy atom. The molecule has 2 N–H and O–H groups in total. The first-order valence-corrected chi connectivity index (χ1v) is 8.92. The lowest BCUT2D eigenvalue weighted by Crippen LogP contribution is -2.39. The maximum absolute atomic E-state index is 12.6. The number of amides is 1. The van der Waals surface area contributed by atoms with Crippen LogP contribution in [0.1, 0.15) is 49.4 Å². The van der Waals surface area contributed by atoms with E-state index in [1.54, 1.807) is 12.1 Å². The van der Waals surface area contributed by atoms with Crippen LogP contribution >= 0.6 is 0 Å². The van der Waals surface area contributed by atoms with Crippen LogP contribution in [-0.2, 0) is 10.0 Å². The Kier molecular flexibility index (Phi) is 5.00. The van der Waals surface area contributed by atoms with E-state index in [2.05, 4.69) is 6.92 Å². The first-order chi connectivity index (χ1) is 9.93. The van der Waals surface area contributed by atoms with Gasteiger partial charge >= 0.3 is 0 Å². The second-order valence-corrected chi connectivity index (χ2v) is 7.04. The largest absolute Gasteiger partial charge is 0.336 e. The van der Waals surface area contributed by atoms with Gasteiger partial charge in [-0.2, -0.15) is 0 Å². The standard InChI is InChI=1S/C15H22N2O3S/c1-2-13-6-4-3-5-11-17(13)15(18)12-7-9-14(10-8-12)21(16,19)20/h7-10,13H,2-6,11H2,1H3,(H2,16,19,20). The molecule has 0 saturated carbocycles. The van der Waals surface area contributed by atoms with Crippen molar-refractivity contribution in [3.8, 4) is 0 Å². The van der Waals surface area contributed by atoms with E-state index in [4.69, 9.17) is 5.14 Å². The minimum atomic E-state index is -3.72. The molecule has 1 atom stereocenters. The van der Waals surface area contributed by atoms with Crippen molar-refractivity contribution in [2.45, 2.75) is 50.0 Å². The third-order valence-electron chi connectivity index (χ3n) is 4.04. The van der Waals surface area contributed by atoms with Gasteiger partial charge in [-0.1, -0.05) is 19.8 Å². The van der Waals surface area contributed by atoms with E-state index in [-0.39, 0.29) is 16.8 Å². The molecule has 1 aromatic carbocycles. The summed E-state index contributed by atoms with van der Waals surface area (Å²) in [7, 11) is -3.72. The Bertz CT molecular complexity index is 596. The second kappa shape index (κ2) is 6.58. The molecule has 6 heteroatoms. The van der Waals surface area contributed by atoms with Crippen LogP contribution in [0.2, 0.25) is 0 Å². The van der Waals surface area contributed by atoms with Crippen molar-refractivity contribution in [2.24, 2.45) is 5.14 Å². The number of hydrogen-bond acceptors (Lipinski definition) is 3. The van der Waals surface area contributed by atoms with Crippen LogP contribution in [0.15, 0.2) is 29.2 Å². The number of carbonyl (C=O) groups excluding carboxylic acids is 1. The molecule has 0 bridgehead atoms. The van der Waals surface area contributed by atoms with Crippen LogP contribution in [0.4, 0.5) is 0 Å². The molecule has 1 saturated heterocycles. The molecule has 1 heterocycles. The molecule has 1 aromatic rings. The molecule has 1 amide bonds. The summed E-state index contributed by atoms with van der Waals surface area (Å²) in [5, 5.41) is 5.07. The SMILES string of the molecule is CCC1CCCCCN1C(=O)c1ccc(S(N)(=O)=O)cc1. The van der Waals surface area contributed by atoms with Crippen molar-refractivity contribution in [3.63, 3.8) is 0 Å². The van der Waals surface area contributed by atoms with E-state index in [1.807, 2.05) is 4.90 Å². The lowest BCUT2D eigenvalue weighted by Gasteiger charge is -2.29. The minimum absolute atomic E-state index is 0.0234. The highest BCUT2D eigenvalue weighted by molar-refractivity contribution is 7.89. The van der Waals surface area contributed by atoms with Gasteiger partial charge in [0.2, 0.25) is 10.0 Å². The molecule has 0 aliphatic carbocycles. The third kappa shape index (κ3) is 3.83. The molecule has 21 heavy (non-hydrogen) atoms. The normalized spacial score (nSPS) is 20.1. The zero-order valence-electron chi connectivity index (χ0n) is 12.3. The molecule has 1 unspecified atom stereocenters. The smallest absolute Gasteiger partial charge is 0.254 e. The van der Waals surface area contributed by atoms with Gasteiger partial charge in [0.15, 0.2) is 0 Å². The zero-order valence-corrected chi connectivity index (χ0v) is 13.1. The fourth-order valence-corrected chi connectivity index (χ4v) is 3.34. The van der Waals surface area contributed by atoms with Crippen molar-refractivity contribution in [3.05, 3.63) is 29.8 Å². The van der Waals surface area contributed by atoms with Crippen LogP contribution in [0.25, 0.3) is 0 Å². The van der Waals surface area contributed by atoms with Gasteiger partial charge in [0.25, 0.3) is 5.91 Å². The molecule has 1 aliphatic rings. The van der Waals surface area contributed by atoms with E-state index in [0.29, 0.717) is 5.56 Å². The van der Waals surface area contributed by atoms with Gasteiger partial charge in [0.1, 0.15) is 0 Å². The van der Waals surface area contributed by atoms with Crippen LogP contribution in [0.3, 0.4) is 0 Å². The highest BCUT2D eigenvalue weighted by atomic mass is 32.2. The maximum Gasteiger partial charge on any atom is 0.254 e. The van der Waals surface area contributed by atoms with Crippen molar-refractivity contribution in [1.29, 1.82) is 0 Å². The first-order valence-electron chi connectivity index (χ1n) is 7.37. The van der Waals surface area contributed by atoms with Gasteiger partial charge in [-0.25, -0.2) is 13.6 Å². The molecular formula is C15H22N2O3S. The summed E-state index contributed by atoms with van der Waals surface area (Å²) in [5.41, 5.74) is 0.516. The monoisotopic (exact) mass is 310 g/mol. The number of rotatable bonds is 3. The third-order valence-corrected chi connectivity index (χ3v) is 4.97. The van der Waals surface area contributed by atoms with Crippen molar-refractivity contribution >= 4 is 15.9 Å². The van der Waals surface area contributed by atoms with Gasteiger partial charge in [-0.05, 0) is 43.5 Å². The molecule has 1 aliphatic heterocycles. The molecule has 116 valence electrons. The average Bonchev–Trinajstić information content (AvgIpc) is 2.70. The Morgan fingerprint density at radius 2 is 1.90 bits per heavy atom. The molecule has 0 spiro atoms. The molecule has 2 rings (SSSR count). The fourth-order valence-electron chi connectivity index (χ4n) is 2.82. The van der Waals surface area contributed by atoms with E-state index in [0.717, 1.165) is 38.6 Å². The molecule has 0 aromatic heterocycles. The predicted molar refractivity (Wildman–Crippen MR) is 81.4 cm³/mol. The molecule has 5 nitrogen and oxygen atoms in total. The van der Waals surface area contributed by atoms with Crippen LogP contribution < -0.4 is 5.14 Å². The topological polar surface area (TPSA) is 80.5 Å². The number of carbonyl (C=O) groups is 1. The van der Waals surface area contributed by atoms with Crippen LogP contribution in [0, 0.1) is 0 Å². The van der Waals surface area contributed by atoms with E-state index >= 15 is 0 Å². The molecular weight excluding hydrogens is 288 g/mol. The van der Waals surface area contributed by atoms with E-state index < -0.39 is 10.0 Å². The number of primary sulfonamides is 1. The summed E-state index contributed by atoms with van der Waals surface area (Å²) in [5.74, 6) is -0.0234. The Hall–Kier alpha value is -1.40. The van der Waals surface area contributed by atoms with Crippen molar-refractivity contribution in [1.82, 2.24) is 4.90 Å². The molecule has 1 fully saturated rings. The quantitative estimate of drug-likeness (QED) is 0.928. The highest BCUT2D eigenvalue weighted by Crippen LogP contribution is 2.21. The number of likely N-dealkylation sites (tertiary alicyclic amines) is 1. The van der Waals surface area contributed by atoms with Gasteiger partial charge < -0.3 is 4.90 Å².